The molecule has 1 atom stereocenters. The van der Waals surface area contributed by atoms with Crippen molar-refractivity contribution in [3.63, 3.8) is 0 Å². The topological polar surface area (TPSA) is 66.4 Å². The van der Waals surface area contributed by atoms with Gasteiger partial charge in [-0.25, -0.2) is 4.79 Å². The third-order valence-corrected chi connectivity index (χ3v) is 3.68. The van der Waals surface area contributed by atoms with E-state index in [-0.39, 0.29) is 6.42 Å². The van der Waals surface area contributed by atoms with Gasteiger partial charge in [-0.05, 0) is 40.8 Å². The summed E-state index contributed by atoms with van der Waals surface area (Å²) >= 11 is 7.91. The number of hydrogen-bond acceptors (Lipinski definition) is 2. The second-order valence-electron chi connectivity index (χ2n) is 3.40. The van der Waals surface area contributed by atoms with Gasteiger partial charge in [-0.2, -0.15) is 0 Å². The van der Waals surface area contributed by atoms with Gasteiger partial charge in [0, 0.05) is 15.6 Å². The van der Waals surface area contributed by atoms with Gasteiger partial charge < -0.3 is 10.4 Å². The summed E-state index contributed by atoms with van der Waals surface area (Å²) in [5.74, 6) is 0.517. The van der Waals surface area contributed by atoms with Crippen LogP contribution in [0.3, 0.4) is 0 Å². The minimum absolute atomic E-state index is 0.0703. The molecule has 1 aromatic rings. The molecule has 6 heteroatoms. The predicted octanol–water partition coefficient (Wildman–Crippen LogP) is 2.15. The molecule has 0 aliphatic rings. The van der Waals surface area contributed by atoms with Crippen molar-refractivity contribution in [3.05, 3.63) is 32.4 Å². The second kappa shape index (κ2) is 6.61. The molecule has 4 nitrogen and oxygen atoms in total. The number of rotatable bonds is 4. The van der Waals surface area contributed by atoms with E-state index in [1.54, 1.807) is 12.1 Å². The van der Waals surface area contributed by atoms with Crippen LogP contribution in [0, 0.1) is 15.9 Å². The standard InChI is InChI=1S/C12H9ClINO3/c1-2-3-10(12(17)18)15-11(16)7-4-5-9(14)8(13)6-7/h1,4-6,10H,3H2,(H,15,16)(H,17,18). The first-order chi connectivity index (χ1) is 8.45. The number of carboxylic acid groups (broad SMARTS) is 1. The average Bonchev–Trinajstić information content (AvgIpc) is 2.31. The maximum atomic E-state index is 11.8. The lowest BCUT2D eigenvalue weighted by atomic mass is 10.1. The van der Waals surface area contributed by atoms with Gasteiger partial charge in [-0.1, -0.05) is 11.6 Å². The normalized spacial score (nSPS) is 11.4. The number of carbonyl (C=O) groups is 2. The fourth-order valence-corrected chi connectivity index (χ4v) is 1.71. The molecule has 18 heavy (non-hydrogen) atoms. The molecule has 2 N–H and O–H groups in total. The van der Waals surface area contributed by atoms with Crippen molar-refractivity contribution in [2.24, 2.45) is 0 Å². The molecular formula is C12H9ClINO3. The summed E-state index contributed by atoms with van der Waals surface area (Å²) < 4.78 is 0.809. The lowest BCUT2D eigenvalue weighted by Crippen LogP contribution is -2.40. The van der Waals surface area contributed by atoms with Crippen molar-refractivity contribution in [2.75, 3.05) is 0 Å². The Kier molecular flexibility index (Phi) is 5.44. The van der Waals surface area contributed by atoms with Crippen LogP contribution in [0.1, 0.15) is 16.8 Å². The Morgan fingerprint density at radius 2 is 2.22 bits per heavy atom. The van der Waals surface area contributed by atoms with Gasteiger partial charge in [0.15, 0.2) is 0 Å². The first kappa shape index (κ1) is 14.8. The Labute approximate surface area is 123 Å². The molecule has 0 spiro atoms. The molecule has 0 fully saturated rings. The summed E-state index contributed by atoms with van der Waals surface area (Å²) in [6.07, 6.45) is 4.97. The molecule has 0 bridgehead atoms. The van der Waals surface area contributed by atoms with Crippen molar-refractivity contribution in [2.45, 2.75) is 12.5 Å². The number of hydrogen-bond donors (Lipinski definition) is 2. The Balaban J connectivity index is 2.84. The minimum Gasteiger partial charge on any atom is -0.480 e. The van der Waals surface area contributed by atoms with Crippen LogP contribution in [0.15, 0.2) is 18.2 Å². The highest BCUT2D eigenvalue weighted by Gasteiger charge is 2.19. The van der Waals surface area contributed by atoms with Crippen LogP contribution in [-0.2, 0) is 4.79 Å². The molecule has 0 aromatic heterocycles. The first-order valence-electron chi connectivity index (χ1n) is 4.88. The molecule has 0 saturated carbocycles. The van der Waals surface area contributed by atoms with Crippen LogP contribution in [0.25, 0.3) is 0 Å². The number of carboxylic acids is 1. The molecular weight excluding hydrogens is 368 g/mol. The molecule has 1 amide bonds. The van der Waals surface area contributed by atoms with E-state index in [0.29, 0.717) is 10.6 Å². The van der Waals surface area contributed by atoms with Gasteiger partial charge in [0.05, 0.1) is 5.02 Å². The zero-order valence-corrected chi connectivity index (χ0v) is 12.0. The molecule has 1 aromatic carbocycles. The number of terminal acetylenes is 1. The van der Waals surface area contributed by atoms with Crippen molar-refractivity contribution in [1.82, 2.24) is 5.32 Å². The highest BCUT2D eigenvalue weighted by Crippen LogP contribution is 2.19. The predicted molar refractivity (Wildman–Crippen MR) is 76.5 cm³/mol. The quantitative estimate of drug-likeness (QED) is 0.624. The van der Waals surface area contributed by atoms with E-state index in [1.807, 2.05) is 22.6 Å². The Hall–Kier alpha value is -1.26. The average molecular weight is 378 g/mol. The number of nitrogens with one attached hydrogen (secondary N) is 1. The molecule has 1 unspecified atom stereocenters. The van der Waals surface area contributed by atoms with Crippen LogP contribution in [0.4, 0.5) is 0 Å². The molecule has 0 aliphatic carbocycles. The van der Waals surface area contributed by atoms with E-state index in [1.165, 1.54) is 6.07 Å². The lowest BCUT2D eigenvalue weighted by molar-refractivity contribution is -0.139. The molecule has 94 valence electrons. The van der Waals surface area contributed by atoms with Crippen molar-refractivity contribution in [1.29, 1.82) is 0 Å². The third kappa shape index (κ3) is 3.89. The van der Waals surface area contributed by atoms with Gasteiger partial charge >= 0.3 is 5.97 Å². The molecule has 0 aliphatic heterocycles. The van der Waals surface area contributed by atoms with Gasteiger partial charge in [0.2, 0.25) is 0 Å². The molecule has 0 heterocycles. The Morgan fingerprint density at radius 3 is 2.72 bits per heavy atom. The maximum Gasteiger partial charge on any atom is 0.327 e. The summed E-state index contributed by atoms with van der Waals surface area (Å²) in [5, 5.41) is 11.6. The van der Waals surface area contributed by atoms with Crippen molar-refractivity contribution >= 4 is 46.1 Å². The summed E-state index contributed by atoms with van der Waals surface area (Å²) in [6.45, 7) is 0. The van der Waals surface area contributed by atoms with E-state index in [2.05, 4.69) is 11.2 Å². The van der Waals surface area contributed by atoms with Gasteiger partial charge in [0.25, 0.3) is 5.91 Å². The smallest absolute Gasteiger partial charge is 0.327 e. The number of amides is 1. The van der Waals surface area contributed by atoms with Crippen molar-refractivity contribution in [3.8, 4) is 12.3 Å². The van der Waals surface area contributed by atoms with Crippen LogP contribution in [0.2, 0.25) is 5.02 Å². The first-order valence-corrected chi connectivity index (χ1v) is 6.33. The summed E-state index contributed by atoms with van der Waals surface area (Å²) in [5.41, 5.74) is 0.295. The van der Waals surface area contributed by atoms with E-state index in [4.69, 9.17) is 23.1 Å². The van der Waals surface area contributed by atoms with Gasteiger partial charge in [0.1, 0.15) is 6.04 Å². The van der Waals surface area contributed by atoms with Crippen LogP contribution < -0.4 is 5.32 Å². The van der Waals surface area contributed by atoms with Crippen LogP contribution >= 0.6 is 34.2 Å². The van der Waals surface area contributed by atoms with E-state index in [0.717, 1.165) is 3.57 Å². The number of aliphatic carboxylic acids is 1. The zero-order valence-electron chi connectivity index (χ0n) is 9.11. The van der Waals surface area contributed by atoms with Gasteiger partial charge in [-0.15, -0.1) is 12.3 Å². The number of benzene rings is 1. The summed E-state index contributed by atoms with van der Waals surface area (Å²) in [4.78, 5) is 22.6. The third-order valence-electron chi connectivity index (χ3n) is 2.11. The Bertz CT molecular complexity index is 525. The zero-order chi connectivity index (χ0) is 13.7. The monoisotopic (exact) mass is 377 g/mol. The SMILES string of the molecule is C#CCC(NC(=O)c1ccc(I)c(Cl)c1)C(=O)O. The van der Waals surface area contributed by atoms with E-state index >= 15 is 0 Å². The maximum absolute atomic E-state index is 11.8. The van der Waals surface area contributed by atoms with Crippen LogP contribution in [-0.4, -0.2) is 23.0 Å². The van der Waals surface area contributed by atoms with Gasteiger partial charge in [-0.3, -0.25) is 4.79 Å². The highest BCUT2D eigenvalue weighted by atomic mass is 127. The van der Waals surface area contributed by atoms with E-state index < -0.39 is 17.9 Å². The summed E-state index contributed by atoms with van der Waals surface area (Å²) in [7, 11) is 0. The minimum atomic E-state index is -1.17. The van der Waals surface area contributed by atoms with Crippen molar-refractivity contribution < 1.29 is 14.7 Å². The molecule has 0 radical (unpaired) electrons. The summed E-state index contributed by atoms with van der Waals surface area (Å²) in [6, 6.07) is 3.63. The fraction of sp³-hybridized carbons (Fsp3) is 0.167. The second-order valence-corrected chi connectivity index (χ2v) is 4.97. The largest absolute Gasteiger partial charge is 0.480 e. The number of halogens is 2. The number of carbonyl (C=O) groups excluding carboxylic acids is 1. The highest BCUT2D eigenvalue weighted by molar-refractivity contribution is 14.1. The van der Waals surface area contributed by atoms with Crippen LogP contribution in [0.5, 0.6) is 0 Å². The fourth-order valence-electron chi connectivity index (χ4n) is 1.20. The lowest BCUT2D eigenvalue weighted by Gasteiger charge is -2.12. The molecule has 0 saturated heterocycles. The Morgan fingerprint density at radius 1 is 1.56 bits per heavy atom. The van der Waals surface area contributed by atoms with E-state index in [9.17, 15) is 9.59 Å². The molecule has 1 rings (SSSR count).